The lowest BCUT2D eigenvalue weighted by molar-refractivity contribution is -0.134. The van der Waals surface area contributed by atoms with Gasteiger partial charge in [-0.25, -0.2) is 4.79 Å². The summed E-state index contributed by atoms with van der Waals surface area (Å²) < 4.78 is 5.26. The Bertz CT molecular complexity index is 737. The summed E-state index contributed by atoms with van der Waals surface area (Å²) in [6.45, 7) is 2.56. The van der Waals surface area contributed by atoms with E-state index in [4.69, 9.17) is 10.5 Å². The highest BCUT2D eigenvalue weighted by Crippen LogP contribution is 2.19. The number of nitrogens with zero attached hydrogens (tertiary/aromatic N) is 1. The van der Waals surface area contributed by atoms with Crippen LogP contribution < -0.4 is 11.1 Å². The molecule has 0 saturated carbocycles. The molecule has 2 aromatic rings. The molecule has 2 amide bonds. The number of hydrogen-bond donors (Lipinski definition) is 2. The zero-order valence-corrected chi connectivity index (χ0v) is 16.5. The Balaban J connectivity index is 1.98. The Morgan fingerprint density at radius 3 is 2.29 bits per heavy atom. The number of nitrogens with one attached hydrogen (secondary N) is 1. The van der Waals surface area contributed by atoms with E-state index in [0.717, 1.165) is 11.1 Å². The van der Waals surface area contributed by atoms with Crippen LogP contribution in [0.1, 0.15) is 36.9 Å². The van der Waals surface area contributed by atoms with Gasteiger partial charge in [0.05, 0.1) is 6.04 Å². The maximum Gasteiger partial charge on any atom is 0.408 e. The van der Waals surface area contributed by atoms with Crippen LogP contribution in [0.4, 0.5) is 4.79 Å². The van der Waals surface area contributed by atoms with Crippen LogP contribution >= 0.6 is 0 Å². The van der Waals surface area contributed by atoms with Crippen molar-refractivity contribution in [2.24, 2.45) is 5.73 Å². The van der Waals surface area contributed by atoms with Crippen molar-refractivity contribution in [3.63, 3.8) is 0 Å². The Morgan fingerprint density at radius 1 is 1.07 bits per heavy atom. The third-order valence-electron chi connectivity index (χ3n) is 4.71. The number of amides is 2. The molecular weight excluding hydrogens is 354 g/mol. The maximum absolute atomic E-state index is 13.0. The Hall–Kier alpha value is -2.86. The molecule has 0 heterocycles. The van der Waals surface area contributed by atoms with Gasteiger partial charge in [-0.3, -0.25) is 4.79 Å². The number of carbonyl (C=O) groups is 2. The molecule has 0 spiro atoms. The van der Waals surface area contributed by atoms with E-state index in [0.29, 0.717) is 19.4 Å². The first-order valence-corrected chi connectivity index (χ1v) is 9.51. The minimum absolute atomic E-state index is 0.115. The molecule has 0 aliphatic heterocycles. The maximum atomic E-state index is 13.0. The summed E-state index contributed by atoms with van der Waals surface area (Å²) in [7, 11) is 1.74. The predicted octanol–water partition coefficient (Wildman–Crippen LogP) is 3.24. The monoisotopic (exact) mass is 383 g/mol. The third-order valence-corrected chi connectivity index (χ3v) is 4.71. The van der Waals surface area contributed by atoms with Gasteiger partial charge in [0.2, 0.25) is 5.91 Å². The summed E-state index contributed by atoms with van der Waals surface area (Å²) in [5, 5.41) is 2.70. The quantitative estimate of drug-likeness (QED) is 0.696. The van der Waals surface area contributed by atoms with E-state index in [1.54, 1.807) is 11.9 Å². The number of likely N-dealkylation sites (N-methyl/N-ethyl adjacent to an activating group) is 1. The van der Waals surface area contributed by atoms with Crippen LogP contribution in [-0.2, 0) is 16.1 Å². The fraction of sp³-hybridized carbons (Fsp3) is 0.364. The van der Waals surface area contributed by atoms with Gasteiger partial charge in [0.1, 0.15) is 12.6 Å². The topological polar surface area (TPSA) is 84.7 Å². The van der Waals surface area contributed by atoms with E-state index < -0.39 is 12.1 Å². The average molecular weight is 383 g/mol. The van der Waals surface area contributed by atoms with Gasteiger partial charge in [-0.15, -0.1) is 0 Å². The van der Waals surface area contributed by atoms with Gasteiger partial charge in [-0.2, -0.15) is 0 Å². The molecule has 0 bridgehead atoms. The smallest absolute Gasteiger partial charge is 0.408 e. The molecule has 0 fully saturated rings. The minimum atomic E-state index is -0.678. The molecule has 3 N–H and O–H groups in total. The number of alkyl carbamates (subject to hydrolysis) is 1. The number of rotatable bonds is 9. The van der Waals surface area contributed by atoms with Gasteiger partial charge >= 0.3 is 6.09 Å². The fourth-order valence-electron chi connectivity index (χ4n) is 2.88. The lowest BCUT2D eigenvalue weighted by Gasteiger charge is -2.29. The molecule has 6 nitrogen and oxygen atoms in total. The molecule has 0 saturated heterocycles. The second-order valence-corrected chi connectivity index (χ2v) is 6.73. The largest absolute Gasteiger partial charge is 0.445 e. The van der Waals surface area contributed by atoms with Gasteiger partial charge < -0.3 is 20.7 Å². The molecule has 0 aromatic heterocycles. The summed E-state index contributed by atoms with van der Waals surface area (Å²) in [6.07, 6.45) is 0.477. The molecule has 1 unspecified atom stereocenters. The molecular formula is C22H29N3O3. The molecule has 0 aliphatic rings. The van der Waals surface area contributed by atoms with Crippen LogP contribution in [0, 0.1) is 0 Å². The van der Waals surface area contributed by atoms with Crippen molar-refractivity contribution in [2.75, 3.05) is 13.6 Å². The predicted molar refractivity (Wildman–Crippen MR) is 109 cm³/mol. The zero-order chi connectivity index (χ0) is 20.4. The number of ether oxygens (including phenoxy) is 1. The highest BCUT2D eigenvalue weighted by atomic mass is 16.5. The van der Waals surface area contributed by atoms with Crippen molar-refractivity contribution in [1.29, 1.82) is 0 Å². The van der Waals surface area contributed by atoms with E-state index in [2.05, 4.69) is 5.32 Å². The number of carbonyl (C=O) groups excluding carboxylic acids is 2. The van der Waals surface area contributed by atoms with Gasteiger partial charge in [0, 0.05) is 7.05 Å². The third kappa shape index (κ3) is 6.39. The summed E-state index contributed by atoms with van der Waals surface area (Å²) in [5.41, 5.74) is 7.52. The number of benzene rings is 2. The summed E-state index contributed by atoms with van der Waals surface area (Å²) >= 11 is 0. The second-order valence-electron chi connectivity index (χ2n) is 6.73. The fourth-order valence-corrected chi connectivity index (χ4v) is 2.88. The number of hydrogen-bond acceptors (Lipinski definition) is 4. The molecule has 0 aliphatic carbocycles. The Morgan fingerprint density at radius 2 is 1.68 bits per heavy atom. The summed E-state index contributed by atoms with van der Waals surface area (Å²) in [4.78, 5) is 26.9. The first-order chi connectivity index (χ1) is 13.5. The van der Waals surface area contributed by atoms with Crippen molar-refractivity contribution in [2.45, 2.75) is 38.5 Å². The standard InChI is InChI=1S/C22H29N3O3/c1-17(19-12-7-4-8-13-19)25(2)21(26)20(14-9-15-23)24-22(27)28-16-18-10-5-3-6-11-18/h3-8,10-13,17,20H,9,14-16,23H2,1-2H3,(H,24,27)/t17?,20-/m1/s1. The van der Waals surface area contributed by atoms with Gasteiger partial charge in [0.25, 0.3) is 0 Å². The van der Waals surface area contributed by atoms with Gasteiger partial charge in [-0.05, 0) is 37.4 Å². The average Bonchev–Trinajstić information content (AvgIpc) is 2.75. The Labute approximate surface area is 166 Å². The summed E-state index contributed by atoms with van der Waals surface area (Å²) in [5.74, 6) is -0.165. The first-order valence-electron chi connectivity index (χ1n) is 9.51. The lowest BCUT2D eigenvalue weighted by Crippen LogP contribution is -2.48. The van der Waals surface area contributed by atoms with Crippen molar-refractivity contribution < 1.29 is 14.3 Å². The van der Waals surface area contributed by atoms with Crippen molar-refractivity contribution in [3.05, 3.63) is 71.8 Å². The zero-order valence-electron chi connectivity index (χ0n) is 16.5. The SMILES string of the molecule is CC(c1ccccc1)N(C)C(=O)[C@@H](CCCN)NC(=O)OCc1ccccc1. The van der Waals surface area contributed by atoms with Crippen LogP contribution in [0.3, 0.4) is 0 Å². The summed E-state index contributed by atoms with van der Waals surface area (Å²) in [6, 6.07) is 18.4. The lowest BCUT2D eigenvalue weighted by atomic mass is 10.0. The van der Waals surface area contributed by atoms with Crippen LogP contribution in [0.15, 0.2) is 60.7 Å². The van der Waals surface area contributed by atoms with E-state index in [1.807, 2.05) is 67.6 Å². The van der Waals surface area contributed by atoms with E-state index >= 15 is 0 Å². The Kier molecular flexibility index (Phi) is 8.49. The van der Waals surface area contributed by atoms with Crippen LogP contribution in [0.2, 0.25) is 0 Å². The first kappa shape index (κ1) is 21.4. The molecule has 2 atom stereocenters. The highest BCUT2D eigenvalue weighted by Gasteiger charge is 2.27. The van der Waals surface area contributed by atoms with Gasteiger partial charge in [-0.1, -0.05) is 60.7 Å². The molecule has 2 aromatic carbocycles. The molecule has 6 heteroatoms. The van der Waals surface area contributed by atoms with E-state index in [9.17, 15) is 9.59 Å². The molecule has 2 rings (SSSR count). The van der Waals surface area contributed by atoms with E-state index in [1.165, 1.54) is 0 Å². The number of nitrogens with two attached hydrogens (primary N) is 1. The normalized spacial score (nSPS) is 12.7. The minimum Gasteiger partial charge on any atom is -0.445 e. The van der Waals surface area contributed by atoms with Gasteiger partial charge in [0.15, 0.2) is 0 Å². The van der Waals surface area contributed by atoms with Crippen molar-refractivity contribution >= 4 is 12.0 Å². The molecule has 28 heavy (non-hydrogen) atoms. The van der Waals surface area contributed by atoms with Crippen molar-refractivity contribution in [1.82, 2.24) is 10.2 Å². The van der Waals surface area contributed by atoms with E-state index in [-0.39, 0.29) is 18.6 Å². The van der Waals surface area contributed by atoms with Crippen molar-refractivity contribution in [3.8, 4) is 0 Å². The molecule has 150 valence electrons. The second kappa shape index (κ2) is 11.1. The van der Waals surface area contributed by atoms with Crippen LogP contribution in [0.5, 0.6) is 0 Å². The van der Waals surface area contributed by atoms with Crippen LogP contribution in [0.25, 0.3) is 0 Å². The molecule has 0 radical (unpaired) electrons. The van der Waals surface area contributed by atoms with Crippen LogP contribution in [-0.4, -0.2) is 36.5 Å². The highest BCUT2D eigenvalue weighted by molar-refractivity contribution is 5.85.